The molecular weight excluding hydrogens is 662 g/mol. The molecule has 51 heavy (non-hydrogen) atoms. The van der Waals surface area contributed by atoms with Gasteiger partial charge in [0, 0.05) is 37.1 Å². The third kappa shape index (κ3) is 11.4. The number of nitrogens with one attached hydrogen (secondary N) is 2. The first-order valence-corrected chi connectivity index (χ1v) is 16.6. The van der Waals surface area contributed by atoms with Crippen molar-refractivity contribution in [3.63, 3.8) is 0 Å². The van der Waals surface area contributed by atoms with Crippen LogP contribution in [0, 0.1) is 5.92 Å². The molecule has 0 aliphatic carbocycles. The minimum Gasteiger partial charge on any atom is -0.490 e. The van der Waals surface area contributed by atoms with E-state index in [4.69, 9.17) is 23.8 Å². The summed E-state index contributed by atoms with van der Waals surface area (Å²) in [6, 6.07) is 11.3. The number of ether oxygens (including phenoxy) is 4. The lowest BCUT2D eigenvalue weighted by molar-refractivity contribution is -0.193. The van der Waals surface area contributed by atoms with Gasteiger partial charge in [-0.25, -0.2) is 19.2 Å². The molecule has 4 amide bonds. The number of carbonyl (C=O) groups is 5. The van der Waals surface area contributed by atoms with Gasteiger partial charge in [0.05, 0.1) is 16.6 Å². The predicted molar refractivity (Wildman–Crippen MR) is 185 cm³/mol. The molecule has 0 saturated carbocycles. The van der Waals surface area contributed by atoms with Crippen LogP contribution in [0.3, 0.4) is 0 Å². The monoisotopic (exact) mass is 709 g/mol. The number of hydrogen-bond donors (Lipinski definition) is 2. The summed E-state index contributed by atoms with van der Waals surface area (Å²) in [7, 11) is 0. The second-order valence-electron chi connectivity index (χ2n) is 15.1. The number of alkyl carbamates (subject to hydrolysis) is 2. The van der Waals surface area contributed by atoms with Crippen LogP contribution in [0.5, 0.6) is 5.75 Å². The van der Waals surface area contributed by atoms with Gasteiger partial charge in [-0.1, -0.05) is 12.1 Å². The fourth-order valence-electron chi connectivity index (χ4n) is 4.86. The number of nitrogens with zero attached hydrogens (tertiary/aromatic N) is 3. The number of aromatic nitrogens is 2. The van der Waals surface area contributed by atoms with E-state index in [2.05, 4.69) is 15.7 Å². The minimum absolute atomic E-state index is 0.164. The lowest BCUT2D eigenvalue weighted by Gasteiger charge is -2.26. The zero-order chi connectivity index (χ0) is 37.7. The topological polar surface area (TPSA) is 177 Å². The van der Waals surface area contributed by atoms with Crippen molar-refractivity contribution in [2.24, 2.45) is 5.92 Å². The molecular formula is C36H47N5O10. The average Bonchev–Trinajstić information content (AvgIpc) is 3.51. The Bertz CT molecular complexity index is 1700. The highest BCUT2D eigenvalue weighted by Gasteiger charge is 2.40. The molecule has 3 aromatic rings. The Hall–Kier alpha value is -5.18. The zero-order valence-electron chi connectivity index (χ0n) is 30.5. The Kier molecular flexibility index (Phi) is 11.6. The summed E-state index contributed by atoms with van der Waals surface area (Å²) in [5.74, 6) is -2.16. The lowest BCUT2D eigenvalue weighted by Crippen LogP contribution is -2.43. The Morgan fingerprint density at radius 2 is 1.29 bits per heavy atom. The molecule has 15 nitrogen and oxygen atoms in total. The maximum Gasteiger partial charge on any atom is 0.407 e. The largest absolute Gasteiger partial charge is 0.490 e. The number of benzene rings is 2. The number of hydroxylamine groups is 2. The van der Waals surface area contributed by atoms with Crippen LogP contribution in [0.4, 0.5) is 9.59 Å². The summed E-state index contributed by atoms with van der Waals surface area (Å²) in [5, 5.41) is 11.4. The van der Waals surface area contributed by atoms with Crippen LogP contribution in [0.25, 0.3) is 10.9 Å². The van der Waals surface area contributed by atoms with Gasteiger partial charge >= 0.3 is 18.2 Å². The average molecular weight is 710 g/mol. The van der Waals surface area contributed by atoms with E-state index in [-0.39, 0.29) is 36.7 Å². The van der Waals surface area contributed by atoms with Crippen molar-refractivity contribution in [1.82, 2.24) is 25.5 Å². The van der Waals surface area contributed by atoms with Crippen molar-refractivity contribution in [2.45, 2.75) is 91.8 Å². The molecule has 0 bridgehead atoms. The van der Waals surface area contributed by atoms with Gasteiger partial charge in [-0.05, 0) is 92.6 Å². The Morgan fingerprint density at radius 3 is 1.80 bits per heavy atom. The maximum atomic E-state index is 13.1. The summed E-state index contributed by atoms with van der Waals surface area (Å²) in [4.78, 5) is 69.4. The molecule has 2 aromatic carbocycles. The normalized spacial score (nSPS) is 14.0. The lowest BCUT2D eigenvalue weighted by atomic mass is 10.1. The van der Waals surface area contributed by atoms with Crippen molar-refractivity contribution in [1.29, 1.82) is 0 Å². The fraction of sp³-hybridized carbons (Fsp3) is 0.500. The van der Waals surface area contributed by atoms with Gasteiger partial charge in [0.1, 0.15) is 29.2 Å². The molecule has 0 saturated heterocycles. The Balaban J connectivity index is 1.46. The Morgan fingerprint density at radius 1 is 0.765 bits per heavy atom. The number of fused-ring (bicyclic) bond motifs is 2. The molecule has 15 heteroatoms. The molecule has 4 rings (SSSR count). The standard InChI is InChI=1S/C36H47N5O10/c1-34(2,3)48-31(44)28(51-41-29(42)25-12-10-11-13-26(25)30(41)43)21-47-24-14-15-27-23(16-24)20-40(39-27)19-22(17-37-32(45)49-35(4,5)6)18-38-33(46)50-36(7,8)9/h10-16,20,22,28H,17-19,21H2,1-9H3,(H,37,45)(H,38,46). The van der Waals surface area contributed by atoms with Crippen LogP contribution in [0.2, 0.25) is 0 Å². The number of esters is 1. The maximum absolute atomic E-state index is 13.1. The van der Waals surface area contributed by atoms with E-state index in [1.54, 1.807) is 104 Å². The van der Waals surface area contributed by atoms with E-state index in [1.807, 2.05) is 0 Å². The third-order valence-corrected chi connectivity index (χ3v) is 6.90. The summed E-state index contributed by atoms with van der Waals surface area (Å²) in [6.07, 6.45) is -0.861. The minimum atomic E-state index is -1.46. The van der Waals surface area contributed by atoms with Crippen LogP contribution in [-0.4, -0.2) is 87.4 Å². The van der Waals surface area contributed by atoms with Gasteiger partial charge in [-0.15, -0.1) is 5.06 Å². The van der Waals surface area contributed by atoms with Crippen LogP contribution < -0.4 is 15.4 Å². The van der Waals surface area contributed by atoms with E-state index >= 15 is 0 Å². The highest BCUT2D eigenvalue weighted by Crippen LogP contribution is 2.25. The number of carbonyl (C=O) groups excluding carboxylic acids is 5. The molecule has 1 aliphatic heterocycles. The molecule has 2 N–H and O–H groups in total. The van der Waals surface area contributed by atoms with Gasteiger partial charge in [0.25, 0.3) is 11.8 Å². The van der Waals surface area contributed by atoms with Gasteiger partial charge < -0.3 is 29.6 Å². The first-order chi connectivity index (χ1) is 23.7. The van der Waals surface area contributed by atoms with Gasteiger partial charge in [-0.3, -0.25) is 14.3 Å². The smallest absolute Gasteiger partial charge is 0.407 e. The van der Waals surface area contributed by atoms with Crippen molar-refractivity contribution in [3.05, 3.63) is 59.8 Å². The van der Waals surface area contributed by atoms with Gasteiger partial charge in [0.2, 0.25) is 6.10 Å². The molecule has 0 spiro atoms. The zero-order valence-corrected chi connectivity index (χ0v) is 30.5. The van der Waals surface area contributed by atoms with Crippen molar-refractivity contribution < 1.29 is 47.8 Å². The molecule has 0 fully saturated rings. The van der Waals surface area contributed by atoms with E-state index in [1.165, 1.54) is 12.1 Å². The number of amides is 4. The van der Waals surface area contributed by atoms with E-state index in [9.17, 15) is 24.0 Å². The van der Waals surface area contributed by atoms with E-state index < -0.39 is 52.9 Å². The quantitative estimate of drug-likeness (QED) is 0.147. The molecule has 276 valence electrons. The molecule has 1 aliphatic rings. The number of rotatable bonds is 12. The van der Waals surface area contributed by atoms with Gasteiger partial charge in [-0.2, -0.15) is 5.10 Å². The second kappa shape index (κ2) is 15.4. The van der Waals surface area contributed by atoms with Crippen molar-refractivity contribution in [2.75, 3.05) is 19.7 Å². The van der Waals surface area contributed by atoms with Crippen molar-refractivity contribution >= 4 is 40.9 Å². The first kappa shape index (κ1) is 38.6. The van der Waals surface area contributed by atoms with Crippen LogP contribution >= 0.6 is 0 Å². The summed E-state index contributed by atoms with van der Waals surface area (Å²) in [6.45, 7) is 15.9. The summed E-state index contributed by atoms with van der Waals surface area (Å²) in [5.41, 5.74) is -1.28. The molecule has 2 heterocycles. The van der Waals surface area contributed by atoms with Crippen molar-refractivity contribution in [3.8, 4) is 5.75 Å². The van der Waals surface area contributed by atoms with E-state index in [0.29, 0.717) is 28.3 Å². The molecule has 1 unspecified atom stereocenters. The summed E-state index contributed by atoms with van der Waals surface area (Å²) < 4.78 is 23.8. The highest BCUT2D eigenvalue weighted by molar-refractivity contribution is 6.20. The predicted octanol–water partition coefficient (Wildman–Crippen LogP) is 5.02. The Labute approximate surface area is 296 Å². The number of hydrogen-bond acceptors (Lipinski definition) is 11. The first-order valence-electron chi connectivity index (χ1n) is 16.6. The third-order valence-electron chi connectivity index (χ3n) is 6.90. The molecule has 1 aromatic heterocycles. The number of imide groups is 1. The second-order valence-corrected chi connectivity index (χ2v) is 15.1. The fourth-order valence-corrected chi connectivity index (χ4v) is 4.86. The highest BCUT2D eigenvalue weighted by atomic mass is 16.7. The molecule has 1 atom stereocenters. The molecule has 0 radical (unpaired) electrons. The van der Waals surface area contributed by atoms with Crippen LogP contribution in [-0.2, 0) is 30.4 Å². The SMILES string of the molecule is CC(C)(C)OC(=O)NCC(CNC(=O)OC(C)(C)C)Cn1cc2cc(OCC(ON3C(=O)c4ccccc4C3=O)C(=O)OC(C)(C)C)ccc2n1. The van der Waals surface area contributed by atoms with Crippen LogP contribution in [0.1, 0.15) is 83.0 Å². The van der Waals surface area contributed by atoms with Crippen LogP contribution in [0.15, 0.2) is 48.7 Å². The van der Waals surface area contributed by atoms with Gasteiger partial charge in [0.15, 0.2) is 0 Å². The summed E-state index contributed by atoms with van der Waals surface area (Å²) >= 11 is 0. The van der Waals surface area contributed by atoms with E-state index in [0.717, 1.165) is 0 Å².